The summed E-state index contributed by atoms with van der Waals surface area (Å²) < 4.78 is 29.4. The molecule has 58 heavy (non-hydrogen) atoms. The van der Waals surface area contributed by atoms with Crippen LogP contribution in [0.25, 0.3) is 11.3 Å². The SMILES string of the molecule is COc1ccc(COc2cc(N3CCOCC3)cc(-c3cccc4c3Sc3ccc(NC(c5ccc(C)cn5)C5CN(C(=O)OC(C)(C)C)CCO5)cc3S4)n2)cc1. The van der Waals surface area contributed by atoms with Gasteiger partial charge in [-0.25, -0.2) is 9.78 Å². The third kappa shape index (κ3) is 9.50. The van der Waals surface area contributed by atoms with Crippen LogP contribution < -0.4 is 19.7 Å². The lowest BCUT2D eigenvalue weighted by atomic mass is 10.0. The molecule has 2 aromatic heterocycles. The number of pyridine rings is 2. The summed E-state index contributed by atoms with van der Waals surface area (Å²) in [6.07, 6.45) is 1.19. The van der Waals surface area contributed by atoms with Crippen LogP contribution in [0.2, 0.25) is 0 Å². The van der Waals surface area contributed by atoms with Crippen molar-refractivity contribution >= 4 is 41.0 Å². The molecule has 8 rings (SSSR count). The zero-order valence-electron chi connectivity index (χ0n) is 33.5. The number of hydrogen-bond donors (Lipinski definition) is 1. The normalized spacial score (nSPS) is 17.2. The Kier molecular flexibility index (Phi) is 12.0. The van der Waals surface area contributed by atoms with Crippen molar-refractivity contribution in [2.45, 2.75) is 71.6 Å². The van der Waals surface area contributed by atoms with Crippen LogP contribution in [0.15, 0.2) is 111 Å². The smallest absolute Gasteiger partial charge is 0.410 e. The molecule has 5 heterocycles. The van der Waals surface area contributed by atoms with Crippen LogP contribution in [0.5, 0.6) is 11.6 Å². The van der Waals surface area contributed by atoms with Crippen LogP contribution in [0.4, 0.5) is 16.2 Å². The summed E-state index contributed by atoms with van der Waals surface area (Å²) in [5.41, 5.74) is 6.29. The number of aromatic nitrogens is 2. The van der Waals surface area contributed by atoms with E-state index in [1.54, 1.807) is 35.5 Å². The fourth-order valence-electron chi connectivity index (χ4n) is 7.05. The van der Waals surface area contributed by atoms with Gasteiger partial charge < -0.3 is 38.8 Å². The van der Waals surface area contributed by atoms with Gasteiger partial charge in [0.15, 0.2) is 0 Å². The van der Waals surface area contributed by atoms with E-state index in [0.29, 0.717) is 45.4 Å². The van der Waals surface area contributed by atoms with Gasteiger partial charge in [-0.1, -0.05) is 53.9 Å². The number of carbonyl (C=O) groups excluding carboxylic acids is 1. The average molecular weight is 820 g/mol. The monoisotopic (exact) mass is 819 g/mol. The molecular formula is C45H49N5O6S2. The molecule has 3 aromatic carbocycles. The lowest BCUT2D eigenvalue weighted by Crippen LogP contribution is -2.50. The summed E-state index contributed by atoms with van der Waals surface area (Å²) in [6.45, 7) is 12.3. The quantitative estimate of drug-likeness (QED) is 0.142. The van der Waals surface area contributed by atoms with Crippen molar-refractivity contribution in [3.05, 3.63) is 108 Å². The van der Waals surface area contributed by atoms with E-state index in [9.17, 15) is 4.79 Å². The zero-order valence-corrected chi connectivity index (χ0v) is 35.2. The number of carbonyl (C=O) groups is 1. The second kappa shape index (κ2) is 17.5. The van der Waals surface area contributed by atoms with E-state index in [-0.39, 0.29) is 18.2 Å². The molecule has 11 nitrogen and oxygen atoms in total. The fraction of sp³-hybridized carbons (Fsp3) is 0.356. The molecule has 2 fully saturated rings. The number of benzene rings is 3. The lowest BCUT2D eigenvalue weighted by Gasteiger charge is -2.38. The summed E-state index contributed by atoms with van der Waals surface area (Å²) in [5, 5.41) is 3.74. The molecule has 5 aromatic rings. The van der Waals surface area contributed by atoms with E-state index in [1.807, 2.05) is 70.3 Å². The topological polar surface area (TPSA) is 108 Å². The van der Waals surface area contributed by atoms with Crippen molar-refractivity contribution in [2.24, 2.45) is 0 Å². The number of nitrogens with one attached hydrogen (secondary N) is 1. The van der Waals surface area contributed by atoms with E-state index in [4.69, 9.17) is 33.7 Å². The lowest BCUT2D eigenvalue weighted by molar-refractivity contribution is -0.0488. The number of ether oxygens (including phenoxy) is 5. The maximum atomic E-state index is 13.1. The minimum atomic E-state index is -0.585. The number of anilines is 2. The predicted octanol–water partition coefficient (Wildman–Crippen LogP) is 9.28. The molecule has 302 valence electrons. The minimum absolute atomic E-state index is 0.310. The second-order valence-corrected chi connectivity index (χ2v) is 17.6. The van der Waals surface area contributed by atoms with Gasteiger partial charge in [0.05, 0.1) is 50.9 Å². The minimum Gasteiger partial charge on any atom is -0.497 e. The van der Waals surface area contributed by atoms with Crippen LogP contribution in [0, 0.1) is 6.92 Å². The number of rotatable bonds is 10. The fourth-order valence-corrected chi connectivity index (χ4v) is 9.46. The van der Waals surface area contributed by atoms with Crippen molar-refractivity contribution in [1.29, 1.82) is 0 Å². The van der Waals surface area contributed by atoms with Gasteiger partial charge in [-0.2, -0.15) is 0 Å². The first-order valence-electron chi connectivity index (χ1n) is 19.6. The van der Waals surface area contributed by atoms with Crippen molar-refractivity contribution in [3.63, 3.8) is 0 Å². The van der Waals surface area contributed by atoms with Gasteiger partial charge in [0, 0.05) is 68.4 Å². The molecule has 0 aliphatic carbocycles. The standard InChI is InChI=1S/C45H49N5O6S2/c1-29-9-15-35(46-26-29)42(37-27-50(19-22-54-37)44(51)56-45(2,3)4)47-31-12-16-38-40(23-31)57-39-8-6-7-34(43(39)58-38)36-24-32(49-17-20-53-21-18-49)25-41(48-36)55-28-30-10-13-33(52-5)14-11-30/h6-16,23-26,37,42,47H,17-22,27-28H2,1-5H3. The molecule has 1 N–H and O–H groups in total. The Bertz CT molecular complexity index is 2230. The highest BCUT2D eigenvalue weighted by Crippen LogP contribution is 2.52. The molecule has 13 heteroatoms. The maximum Gasteiger partial charge on any atom is 0.410 e. The molecule has 2 unspecified atom stereocenters. The zero-order chi connectivity index (χ0) is 40.2. The summed E-state index contributed by atoms with van der Waals surface area (Å²) >= 11 is 3.51. The van der Waals surface area contributed by atoms with Crippen molar-refractivity contribution in [3.8, 4) is 22.9 Å². The summed E-state index contributed by atoms with van der Waals surface area (Å²) in [6, 6.07) is 28.8. The van der Waals surface area contributed by atoms with Gasteiger partial charge in [0.2, 0.25) is 5.88 Å². The van der Waals surface area contributed by atoms with Crippen LogP contribution >= 0.6 is 23.5 Å². The van der Waals surface area contributed by atoms with E-state index < -0.39 is 5.60 Å². The maximum absolute atomic E-state index is 13.1. The summed E-state index contributed by atoms with van der Waals surface area (Å²) in [7, 11) is 1.67. The van der Waals surface area contributed by atoms with E-state index in [2.05, 4.69) is 58.7 Å². The Morgan fingerprint density at radius 3 is 2.52 bits per heavy atom. The molecule has 2 saturated heterocycles. The Hall–Kier alpha value is -4.95. The van der Waals surface area contributed by atoms with Crippen molar-refractivity contribution in [1.82, 2.24) is 14.9 Å². The number of methoxy groups -OCH3 is 1. The Labute approximate surface area is 348 Å². The van der Waals surface area contributed by atoms with Crippen LogP contribution in [0.3, 0.4) is 0 Å². The van der Waals surface area contributed by atoms with E-state index in [0.717, 1.165) is 77.9 Å². The number of fused-ring (bicyclic) bond motifs is 2. The highest BCUT2D eigenvalue weighted by Gasteiger charge is 2.34. The summed E-state index contributed by atoms with van der Waals surface area (Å²) in [4.78, 5) is 31.7. The van der Waals surface area contributed by atoms with Gasteiger partial charge in [0.25, 0.3) is 0 Å². The highest BCUT2D eigenvalue weighted by molar-refractivity contribution is 8.05. The van der Waals surface area contributed by atoms with Crippen molar-refractivity contribution in [2.75, 3.05) is 63.3 Å². The van der Waals surface area contributed by atoms with Gasteiger partial charge >= 0.3 is 6.09 Å². The van der Waals surface area contributed by atoms with Crippen molar-refractivity contribution < 1.29 is 28.5 Å². The van der Waals surface area contributed by atoms with E-state index in [1.165, 1.54) is 0 Å². The van der Waals surface area contributed by atoms with Gasteiger partial charge in [-0.15, -0.1) is 0 Å². The molecule has 1 amide bonds. The average Bonchev–Trinajstić information content (AvgIpc) is 3.24. The first-order valence-corrected chi connectivity index (χ1v) is 21.2. The molecule has 0 spiro atoms. The third-order valence-corrected chi connectivity index (χ3v) is 12.6. The van der Waals surface area contributed by atoms with Gasteiger partial charge in [0.1, 0.15) is 24.1 Å². The van der Waals surface area contributed by atoms with Gasteiger partial charge in [-0.05, 0) is 87.4 Å². The predicted molar refractivity (Wildman–Crippen MR) is 228 cm³/mol. The van der Waals surface area contributed by atoms with Crippen LogP contribution in [-0.2, 0) is 20.8 Å². The number of amides is 1. The second-order valence-electron chi connectivity index (χ2n) is 15.5. The number of morpholine rings is 2. The van der Waals surface area contributed by atoms with Crippen LogP contribution in [-0.4, -0.2) is 85.8 Å². The Morgan fingerprint density at radius 2 is 1.76 bits per heavy atom. The summed E-state index contributed by atoms with van der Waals surface area (Å²) in [5.74, 6) is 1.38. The molecule has 2 atom stereocenters. The molecule has 0 radical (unpaired) electrons. The third-order valence-electron chi connectivity index (χ3n) is 10.0. The Morgan fingerprint density at radius 1 is 0.931 bits per heavy atom. The number of nitrogens with zero attached hydrogens (tertiary/aromatic N) is 4. The molecule has 3 aliphatic rings. The molecule has 0 bridgehead atoms. The highest BCUT2D eigenvalue weighted by atomic mass is 32.2. The van der Waals surface area contributed by atoms with E-state index >= 15 is 0 Å². The van der Waals surface area contributed by atoms with Gasteiger partial charge in [-0.3, -0.25) is 4.98 Å². The van der Waals surface area contributed by atoms with Crippen LogP contribution in [0.1, 0.15) is 43.6 Å². The number of aryl methyl sites for hydroxylation is 1. The number of hydrogen-bond acceptors (Lipinski definition) is 12. The first kappa shape index (κ1) is 39.9. The first-order chi connectivity index (χ1) is 28.1. The molecular weight excluding hydrogens is 771 g/mol. The molecule has 3 aliphatic heterocycles. The Balaban J connectivity index is 1.05. The molecule has 0 saturated carbocycles. The largest absolute Gasteiger partial charge is 0.497 e.